The molecule has 2 saturated carbocycles. The number of hydrogen-bond donors (Lipinski definition) is 2. The maximum Gasteiger partial charge on any atom is 0.305 e. The lowest BCUT2D eigenvalue weighted by atomic mass is 9.63. The van der Waals surface area contributed by atoms with Crippen molar-refractivity contribution in [3.05, 3.63) is 12.2 Å². The van der Waals surface area contributed by atoms with Crippen molar-refractivity contribution >= 4 is 17.6 Å². The van der Waals surface area contributed by atoms with Crippen LogP contribution in [0.25, 0.3) is 0 Å². The van der Waals surface area contributed by atoms with Crippen molar-refractivity contribution in [1.29, 1.82) is 0 Å². The average Bonchev–Trinajstić information content (AvgIpc) is 2.90. The number of halogens is 1. The van der Waals surface area contributed by atoms with E-state index in [2.05, 4.69) is 23.8 Å². The summed E-state index contributed by atoms with van der Waals surface area (Å²) >= 11 is 6.53. The Balaban J connectivity index is 1.75. The van der Waals surface area contributed by atoms with Crippen LogP contribution in [0.2, 0.25) is 0 Å². The third kappa shape index (κ3) is 6.21. The topological polar surface area (TPSA) is 66.8 Å². The Labute approximate surface area is 175 Å². The molecular formula is C23H39ClO4. The van der Waals surface area contributed by atoms with Crippen LogP contribution in [0.4, 0.5) is 0 Å². The second kappa shape index (κ2) is 11.6. The summed E-state index contributed by atoms with van der Waals surface area (Å²) in [5.74, 6) is 0.233. The van der Waals surface area contributed by atoms with Crippen LogP contribution >= 0.6 is 11.6 Å². The minimum Gasteiger partial charge on any atom is -0.469 e. The summed E-state index contributed by atoms with van der Waals surface area (Å²) in [6.45, 7) is 2.17. The van der Waals surface area contributed by atoms with E-state index in [9.17, 15) is 15.0 Å². The lowest BCUT2D eigenvalue weighted by molar-refractivity contribution is -0.140. The van der Waals surface area contributed by atoms with Gasteiger partial charge in [0.2, 0.25) is 0 Å². The molecule has 5 atom stereocenters. The quantitative estimate of drug-likeness (QED) is 0.204. The summed E-state index contributed by atoms with van der Waals surface area (Å²) in [7, 11) is 1.43. The predicted molar refractivity (Wildman–Crippen MR) is 113 cm³/mol. The molecule has 2 N–H and O–H groups in total. The van der Waals surface area contributed by atoms with E-state index in [-0.39, 0.29) is 40.8 Å². The van der Waals surface area contributed by atoms with E-state index in [4.69, 9.17) is 11.6 Å². The first-order valence-corrected chi connectivity index (χ1v) is 11.6. The lowest BCUT2D eigenvalue weighted by Gasteiger charge is -2.45. The molecule has 2 aliphatic rings. The van der Waals surface area contributed by atoms with Crippen LogP contribution in [0.15, 0.2) is 12.2 Å². The van der Waals surface area contributed by atoms with Crippen LogP contribution in [-0.2, 0) is 9.53 Å². The van der Waals surface area contributed by atoms with Gasteiger partial charge in [0.25, 0.3) is 0 Å². The Morgan fingerprint density at radius 3 is 2.61 bits per heavy atom. The van der Waals surface area contributed by atoms with Gasteiger partial charge in [0.15, 0.2) is 0 Å². The number of ether oxygens (including phenoxy) is 1. The first-order valence-electron chi connectivity index (χ1n) is 11.2. The molecule has 0 radical (unpaired) electrons. The van der Waals surface area contributed by atoms with E-state index in [1.807, 2.05) is 0 Å². The van der Waals surface area contributed by atoms with Crippen molar-refractivity contribution < 1.29 is 19.7 Å². The molecule has 0 aromatic rings. The third-order valence-electron chi connectivity index (χ3n) is 7.24. The fourth-order valence-corrected chi connectivity index (χ4v) is 5.48. The number of carbonyl (C=O) groups excluding carboxylic acids is 1. The number of esters is 1. The van der Waals surface area contributed by atoms with Gasteiger partial charge < -0.3 is 14.9 Å². The van der Waals surface area contributed by atoms with Gasteiger partial charge in [-0.15, -0.1) is 11.6 Å². The zero-order chi connectivity index (χ0) is 20.6. The average molecular weight is 415 g/mol. The molecule has 0 heterocycles. The van der Waals surface area contributed by atoms with Crippen LogP contribution in [0.5, 0.6) is 0 Å². The highest BCUT2D eigenvalue weighted by molar-refractivity contribution is 6.21. The van der Waals surface area contributed by atoms with Crippen molar-refractivity contribution in [1.82, 2.24) is 0 Å². The number of methoxy groups -OCH3 is 1. The molecule has 2 fully saturated rings. The van der Waals surface area contributed by atoms with Gasteiger partial charge in [0.05, 0.1) is 19.3 Å². The van der Waals surface area contributed by atoms with E-state index < -0.39 is 0 Å². The highest BCUT2D eigenvalue weighted by Gasteiger charge is 2.42. The summed E-state index contributed by atoms with van der Waals surface area (Å²) < 4.78 is 4.66. The fraction of sp³-hybridized carbons (Fsp3) is 0.870. The number of aliphatic hydroxyl groups excluding tert-OH is 2. The van der Waals surface area contributed by atoms with Crippen molar-refractivity contribution in [3.63, 3.8) is 0 Å². The zero-order valence-corrected chi connectivity index (χ0v) is 18.4. The molecule has 0 spiro atoms. The normalized spacial score (nSPS) is 30.3. The van der Waals surface area contributed by atoms with Gasteiger partial charge in [0, 0.05) is 17.7 Å². The Bertz CT molecular complexity index is 497. The predicted octanol–water partition coefficient (Wildman–Crippen LogP) is 4.99. The molecule has 162 valence electrons. The third-order valence-corrected chi connectivity index (χ3v) is 7.75. The van der Waals surface area contributed by atoms with E-state index >= 15 is 0 Å². The molecule has 4 nitrogen and oxygen atoms in total. The summed E-state index contributed by atoms with van der Waals surface area (Å²) in [6.07, 6.45) is 14.9. The maximum absolute atomic E-state index is 11.1. The number of rotatable bonds is 12. The van der Waals surface area contributed by atoms with Crippen molar-refractivity contribution in [2.45, 2.75) is 102 Å². The van der Waals surface area contributed by atoms with E-state index in [1.165, 1.54) is 13.5 Å². The highest BCUT2D eigenvalue weighted by atomic mass is 35.5. The van der Waals surface area contributed by atoms with Crippen molar-refractivity contribution in [3.8, 4) is 0 Å². The Hall–Kier alpha value is -0.580. The molecule has 5 heteroatoms. The lowest BCUT2D eigenvalue weighted by Crippen LogP contribution is -2.40. The molecule has 2 aliphatic carbocycles. The van der Waals surface area contributed by atoms with Crippen molar-refractivity contribution in [2.75, 3.05) is 7.11 Å². The molecule has 0 aliphatic heterocycles. The second-order valence-electron chi connectivity index (χ2n) is 8.84. The molecule has 0 aromatic heterocycles. The maximum atomic E-state index is 11.1. The van der Waals surface area contributed by atoms with Gasteiger partial charge in [-0.25, -0.2) is 0 Å². The summed E-state index contributed by atoms with van der Waals surface area (Å²) in [4.78, 5) is 11.1. The minimum absolute atomic E-state index is 0.0123. The monoisotopic (exact) mass is 414 g/mol. The Morgan fingerprint density at radius 1 is 1.29 bits per heavy atom. The smallest absolute Gasteiger partial charge is 0.305 e. The first kappa shape index (κ1) is 23.7. The first-order chi connectivity index (χ1) is 13.4. The van der Waals surface area contributed by atoms with Crippen LogP contribution < -0.4 is 0 Å². The molecule has 3 unspecified atom stereocenters. The molecular weight excluding hydrogens is 376 g/mol. The van der Waals surface area contributed by atoms with Gasteiger partial charge in [-0.1, -0.05) is 44.8 Å². The van der Waals surface area contributed by atoms with Crippen LogP contribution in [0, 0.1) is 17.3 Å². The fourth-order valence-electron chi connectivity index (χ4n) is 5.01. The van der Waals surface area contributed by atoms with E-state index in [1.54, 1.807) is 0 Å². The van der Waals surface area contributed by atoms with E-state index in [0.29, 0.717) is 19.3 Å². The summed E-state index contributed by atoms with van der Waals surface area (Å²) in [5, 5.41) is 21.0. The molecule has 0 saturated heterocycles. The molecule has 2 rings (SSSR count). The van der Waals surface area contributed by atoms with Gasteiger partial charge in [-0.2, -0.15) is 0 Å². The SMILES string of the molecule is CCC1(C(O)C/C=C/[C@H]2C(O)CC(Cl)[C@@H]2CCCCCCC(=O)OC)CCC1. The Morgan fingerprint density at radius 2 is 2.00 bits per heavy atom. The Kier molecular flexibility index (Phi) is 9.79. The number of aliphatic hydroxyl groups is 2. The largest absolute Gasteiger partial charge is 0.469 e. The minimum atomic E-state index is -0.385. The summed E-state index contributed by atoms with van der Waals surface area (Å²) in [5.41, 5.74) is 0.122. The zero-order valence-electron chi connectivity index (χ0n) is 17.6. The highest BCUT2D eigenvalue weighted by Crippen LogP contribution is 2.48. The second-order valence-corrected chi connectivity index (χ2v) is 9.40. The van der Waals surface area contributed by atoms with Gasteiger partial charge >= 0.3 is 5.97 Å². The van der Waals surface area contributed by atoms with Crippen LogP contribution in [0.1, 0.15) is 84.0 Å². The van der Waals surface area contributed by atoms with Crippen molar-refractivity contribution in [2.24, 2.45) is 17.3 Å². The number of hydrogen-bond acceptors (Lipinski definition) is 4. The van der Waals surface area contributed by atoms with Gasteiger partial charge in [0.1, 0.15) is 0 Å². The number of alkyl halides is 1. The number of carbonyl (C=O) groups is 1. The molecule has 0 aromatic carbocycles. The standard InChI is InChI=1S/C23H39ClO4/c1-3-23(14-9-15-23)21(26)12-8-11-18-17(19(24)16-20(18)25)10-6-4-5-7-13-22(27)28-2/h8,11,17-21,25-26H,3-7,9-10,12-16H2,1-2H3/b11-8+/t17-,18-,19?,20?,21?/m1/s1. The summed E-state index contributed by atoms with van der Waals surface area (Å²) in [6, 6.07) is 0. The van der Waals surface area contributed by atoms with E-state index in [0.717, 1.165) is 51.4 Å². The number of unbranched alkanes of at least 4 members (excludes halogenated alkanes) is 3. The van der Waals surface area contributed by atoms with Crippen LogP contribution in [-0.4, -0.2) is 40.9 Å². The van der Waals surface area contributed by atoms with Gasteiger partial charge in [-0.05, 0) is 56.3 Å². The van der Waals surface area contributed by atoms with Gasteiger partial charge in [-0.3, -0.25) is 4.79 Å². The molecule has 0 bridgehead atoms. The van der Waals surface area contributed by atoms with Crippen LogP contribution in [0.3, 0.4) is 0 Å². The molecule has 0 amide bonds. The molecule has 28 heavy (non-hydrogen) atoms.